The molecule has 134 valence electrons. The van der Waals surface area contributed by atoms with E-state index in [2.05, 4.69) is 4.90 Å². The molecule has 0 radical (unpaired) electrons. The molecule has 0 spiro atoms. The highest BCUT2D eigenvalue weighted by atomic mass is 16.6. The summed E-state index contributed by atoms with van der Waals surface area (Å²) < 4.78 is 16.4. The van der Waals surface area contributed by atoms with Gasteiger partial charge in [-0.15, -0.1) is 0 Å². The van der Waals surface area contributed by atoms with Crippen molar-refractivity contribution >= 4 is 11.0 Å². The molecule has 0 aliphatic carbocycles. The summed E-state index contributed by atoms with van der Waals surface area (Å²) in [6.45, 7) is 2.40. The molecule has 1 aliphatic heterocycles. The number of nitrogens with zero attached hydrogens (tertiary/aromatic N) is 1. The average molecular weight is 353 g/mol. The van der Waals surface area contributed by atoms with Gasteiger partial charge in [0, 0.05) is 30.6 Å². The zero-order valence-corrected chi connectivity index (χ0v) is 14.4. The second kappa shape index (κ2) is 6.72. The topological polar surface area (TPSA) is 72.1 Å². The largest absolute Gasteiger partial charge is 0.508 e. The van der Waals surface area contributed by atoms with Crippen LogP contribution in [0, 0.1) is 0 Å². The predicted octanol–water partition coefficient (Wildman–Crippen LogP) is 2.90. The smallest absolute Gasteiger partial charge is 0.336 e. The Morgan fingerprint density at radius 1 is 1.00 bits per heavy atom. The molecule has 2 aromatic carbocycles. The van der Waals surface area contributed by atoms with Crippen molar-refractivity contribution in [1.29, 1.82) is 0 Å². The molecule has 0 saturated carbocycles. The molecular formula is C20H19NO5. The third-order valence-electron chi connectivity index (χ3n) is 4.31. The second-order valence-corrected chi connectivity index (χ2v) is 6.42. The van der Waals surface area contributed by atoms with E-state index in [1.54, 1.807) is 12.1 Å². The van der Waals surface area contributed by atoms with Gasteiger partial charge in [0.1, 0.15) is 24.5 Å². The molecule has 1 aromatic heterocycles. The van der Waals surface area contributed by atoms with Gasteiger partial charge in [-0.1, -0.05) is 6.07 Å². The first-order valence-corrected chi connectivity index (χ1v) is 8.41. The minimum absolute atomic E-state index is 0.0717. The normalized spacial score (nSPS) is 13.3. The van der Waals surface area contributed by atoms with E-state index in [1.807, 2.05) is 25.2 Å². The monoisotopic (exact) mass is 353 g/mol. The van der Waals surface area contributed by atoms with Crippen molar-refractivity contribution in [3.63, 3.8) is 0 Å². The van der Waals surface area contributed by atoms with Gasteiger partial charge in [0.2, 0.25) is 0 Å². The first-order valence-electron chi connectivity index (χ1n) is 8.41. The van der Waals surface area contributed by atoms with Crippen molar-refractivity contribution in [2.45, 2.75) is 13.1 Å². The van der Waals surface area contributed by atoms with Crippen molar-refractivity contribution in [3.8, 4) is 17.2 Å². The maximum atomic E-state index is 11.8. The maximum Gasteiger partial charge on any atom is 0.336 e. The minimum atomic E-state index is -0.425. The minimum Gasteiger partial charge on any atom is -0.508 e. The average Bonchev–Trinajstić information content (AvgIpc) is 2.61. The number of phenols is 1. The van der Waals surface area contributed by atoms with Gasteiger partial charge < -0.3 is 19.0 Å². The summed E-state index contributed by atoms with van der Waals surface area (Å²) in [7, 11) is 1.98. The molecule has 0 amide bonds. The van der Waals surface area contributed by atoms with E-state index < -0.39 is 5.63 Å². The third kappa shape index (κ3) is 3.36. The van der Waals surface area contributed by atoms with Crippen LogP contribution in [0.5, 0.6) is 17.2 Å². The van der Waals surface area contributed by atoms with Gasteiger partial charge >= 0.3 is 5.63 Å². The maximum absolute atomic E-state index is 11.8. The number of phenolic OH excluding ortho intramolecular Hbond substituents is 1. The van der Waals surface area contributed by atoms with E-state index in [1.165, 1.54) is 12.1 Å². The molecule has 0 unspecified atom stereocenters. The van der Waals surface area contributed by atoms with Gasteiger partial charge in [0.05, 0.1) is 0 Å². The molecule has 6 heteroatoms. The number of benzene rings is 2. The molecule has 6 nitrogen and oxygen atoms in total. The summed E-state index contributed by atoms with van der Waals surface area (Å²) in [6.07, 6.45) is 0. The van der Waals surface area contributed by atoms with Crippen molar-refractivity contribution < 1.29 is 19.0 Å². The molecule has 0 bridgehead atoms. The van der Waals surface area contributed by atoms with Gasteiger partial charge in [0.15, 0.2) is 11.5 Å². The molecule has 26 heavy (non-hydrogen) atoms. The van der Waals surface area contributed by atoms with Crippen LogP contribution in [0.1, 0.15) is 11.1 Å². The number of hydrogen-bond acceptors (Lipinski definition) is 6. The molecule has 1 N–H and O–H groups in total. The number of fused-ring (bicyclic) bond motifs is 2. The van der Waals surface area contributed by atoms with Crippen LogP contribution in [0.4, 0.5) is 0 Å². The molecule has 0 saturated heterocycles. The van der Waals surface area contributed by atoms with Crippen LogP contribution in [-0.4, -0.2) is 30.3 Å². The van der Waals surface area contributed by atoms with Crippen LogP contribution in [0.15, 0.2) is 51.7 Å². The molecular weight excluding hydrogens is 334 g/mol. The Bertz CT molecular complexity index is 1010. The van der Waals surface area contributed by atoms with Gasteiger partial charge in [-0.3, -0.25) is 4.90 Å². The quantitative estimate of drug-likeness (QED) is 0.727. The van der Waals surface area contributed by atoms with E-state index in [-0.39, 0.29) is 5.75 Å². The van der Waals surface area contributed by atoms with E-state index >= 15 is 0 Å². The SMILES string of the molecule is CN(Cc1ccc2c(c1)OCCO2)Cc1cc(=O)oc2cc(O)ccc12. The third-order valence-corrected chi connectivity index (χ3v) is 4.31. The molecule has 2 heterocycles. The van der Waals surface area contributed by atoms with Crippen LogP contribution >= 0.6 is 0 Å². The van der Waals surface area contributed by atoms with Gasteiger partial charge in [-0.25, -0.2) is 4.79 Å². The summed E-state index contributed by atoms with van der Waals surface area (Å²) in [5.74, 6) is 1.61. The first kappa shape index (κ1) is 16.5. The number of aromatic hydroxyl groups is 1. The Morgan fingerprint density at radius 3 is 2.65 bits per heavy atom. The Morgan fingerprint density at radius 2 is 1.81 bits per heavy atom. The molecule has 4 rings (SSSR count). The molecule has 0 fully saturated rings. The van der Waals surface area contributed by atoms with Crippen LogP contribution in [-0.2, 0) is 13.1 Å². The summed E-state index contributed by atoms with van der Waals surface area (Å²) in [4.78, 5) is 13.9. The Labute approximate surface area is 150 Å². The van der Waals surface area contributed by atoms with Gasteiger partial charge in [-0.2, -0.15) is 0 Å². The summed E-state index contributed by atoms with van der Waals surface area (Å²) in [5, 5.41) is 10.4. The van der Waals surface area contributed by atoms with Crippen molar-refractivity contribution in [2.24, 2.45) is 0 Å². The summed E-state index contributed by atoms with van der Waals surface area (Å²) in [6, 6.07) is 12.2. The van der Waals surface area contributed by atoms with E-state index in [4.69, 9.17) is 13.9 Å². The van der Waals surface area contributed by atoms with Crippen LogP contribution in [0.25, 0.3) is 11.0 Å². The lowest BCUT2D eigenvalue weighted by molar-refractivity contribution is 0.171. The highest BCUT2D eigenvalue weighted by Crippen LogP contribution is 2.31. The summed E-state index contributed by atoms with van der Waals surface area (Å²) in [5.41, 5.74) is 1.92. The highest BCUT2D eigenvalue weighted by molar-refractivity contribution is 5.81. The standard InChI is InChI=1S/C20H19NO5/c1-21(11-13-2-5-17-19(8-13)25-7-6-24-17)12-14-9-20(23)26-18-10-15(22)3-4-16(14)18/h2-5,8-10,22H,6-7,11-12H2,1H3. The van der Waals surface area contributed by atoms with Crippen molar-refractivity contribution in [3.05, 3.63) is 64.0 Å². The van der Waals surface area contributed by atoms with Crippen molar-refractivity contribution in [1.82, 2.24) is 4.90 Å². The first-order chi connectivity index (χ1) is 12.6. The Balaban J connectivity index is 1.56. The fourth-order valence-corrected chi connectivity index (χ4v) is 3.19. The zero-order valence-electron chi connectivity index (χ0n) is 14.4. The van der Waals surface area contributed by atoms with Crippen LogP contribution < -0.4 is 15.1 Å². The van der Waals surface area contributed by atoms with Crippen LogP contribution in [0.2, 0.25) is 0 Å². The van der Waals surface area contributed by atoms with Crippen LogP contribution in [0.3, 0.4) is 0 Å². The highest BCUT2D eigenvalue weighted by Gasteiger charge is 2.13. The van der Waals surface area contributed by atoms with Gasteiger partial charge in [-0.05, 0) is 42.4 Å². The lowest BCUT2D eigenvalue weighted by Gasteiger charge is -2.21. The predicted molar refractivity (Wildman–Crippen MR) is 96.8 cm³/mol. The lowest BCUT2D eigenvalue weighted by Crippen LogP contribution is -2.19. The zero-order chi connectivity index (χ0) is 18.1. The molecule has 3 aromatic rings. The molecule has 1 aliphatic rings. The second-order valence-electron chi connectivity index (χ2n) is 6.42. The Kier molecular flexibility index (Phi) is 4.26. The number of ether oxygens (including phenoxy) is 2. The Hall–Kier alpha value is -2.99. The molecule has 0 atom stereocenters. The van der Waals surface area contributed by atoms with E-state index in [0.717, 1.165) is 28.0 Å². The fraction of sp³-hybridized carbons (Fsp3) is 0.250. The number of hydrogen-bond donors (Lipinski definition) is 1. The lowest BCUT2D eigenvalue weighted by atomic mass is 10.1. The van der Waals surface area contributed by atoms with E-state index in [9.17, 15) is 9.90 Å². The summed E-state index contributed by atoms with van der Waals surface area (Å²) >= 11 is 0. The van der Waals surface area contributed by atoms with E-state index in [0.29, 0.717) is 31.9 Å². The van der Waals surface area contributed by atoms with Gasteiger partial charge in [0.25, 0.3) is 0 Å². The number of rotatable bonds is 4. The van der Waals surface area contributed by atoms with Crippen molar-refractivity contribution in [2.75, 3.05) is 20.3 Å². The fourth-order valence-electron chi connectivity index (χ4n) is 3.19.